The lowest BCUT2D eigenvalue weighted by Crippen LogP contribution is -2.47. The number of nitrogens with zero attached hydrogens (tertiary/aromatic N) is 1. The fraction of sp³-hybridized carbons (Fsp3) is 0.385. The third-order valence-electron chi connectivity index (χ3n) is 3.26. The monoisotopic (exact) mass is 263 g/mol. The first kappa shape index (κ1) is 11.7. The summed E-state index contributed by atoms with van der Waals surface area (Å²) in [5, 5.41) is 0. The molecule has 0 saturated carbocycles. The molecule has 0 radical (unpaired) electrons. The summed E-state index contributed by atoms with van der Waals surface area (Å²) in [6.07, 6.45) is 0. The Bertz CT molecular complexity index is 487. The number of imide groups is 1. The molecular formula is C13H13NO3S. The van der Waals surface area contributed by atoms with Crippen molar-refractivity contribution in [3.8, 4) is 0 Å². The Hall–Kier alpha value is -1.33. The number of ether oxygens (including phenoxy) is 1. The van der Waals surface area contributed by atoms with Crippen molar-refractivity contribution < 1.29 is 14.3 Å². The number of hydrogen-bond acceptors (Lipinski definition) is 4. The Morgan fingerprint density at radius 3 is 2.72 bits per heavy atom. The first-order chi connectivity index (χ1) is 8.75. The van der Waals surface area contributed by atoms with Gasteiger partial charge in [-0.1, -0.05) is 18.2 Å². The lowest BCUT2D eigenvalue weighted by Gasteiger charge is -2.27. The summed E-state index contributed by atoms with van der Waals surface area (Å²) in [6, 6.07) is 8.18. The van der Waals surface area contributed by atoms with Crippen LogP contribution in [0.25, 0.3) is 0 Å². The minimum atomic E-state index is -0.222. The van der Waals surface area contributed by atoms with E-state index in [2.05, 4.69) is 12.1 Å². The van der Waals surface area contributed by atoms with Crippen molar-refractivity contribution in [2.24, 2.45) is 0 Å². The maximum absolute atomic E-state index is 11.7. The normalized spacial score (nSPS) is 23.3. The molecule has 94 valence electrons. The maximum Gasteiger partial charge on any atom is 0.255 e. The second-order valence-electron chi connectivity index (χ2n) is 4.44. The van der Waals surface area contributed by atoms with Gasteiger partial charge in [-0.3, -0.25) is 14.5 Å². The van der Waals surface area contributed by atoms with Crippen molar-refractivity contribution in [1.29, 1.82) is 0 Å². The maximum atomic E-state index is 11.7. The summed E-state index contributed by atoms with van der Waals surface area (Å²) in [5.41, 5.74) is 1.24. The summed E-state index contributed by atoms with van der Waals surface area (Å²) in [6.45, 7) is 0.519. The highest BCUT2D eigenvalue weighted by Crippen LogP contribution is 2.39. The smallest absolute Gasteiger partial charge is 0.255 e. The number of benzene rings is 1. The van der Waals surface area contributed by atoms with Crippen molar-refractivity contribution in [2.75, 3.05) is 25.5 Å². The Morgan fingerprint density at radius 2 is 1.94 bits per heavy atom. The van der Waals surface area contributed by atoms with Gasteiger partial charge in [0.05, 0.1) is 0 Å². The first-order valence-electron chi connectivity index (χ1n) is 5.88. The molecular weight excluding hydrogens is 250 g/mol. The molecule has 2 aliphatic rings. The molecule has 1 aromatic rings. The summed E-state index contributed by atoms with van der Waals surface area (Å²) >= 11 is 1.79. The molecule has 1 atom stereocenters. The molecule has 1 saturated heterocycles. The highest BCUT2D eigenvalue weighted by molar-refractivity contribution is 7.99. The van der Waals surface area contributed by atoms with E-state index in [1.807, 2.05) is 12.1 Å². The standard InChI is InChI=1S/C13H13NO3S/c15-12-6-17-7-13(16)14(12)5-9-8-18-11-4-2-1-3-10(9)11/h1-4,9H,5-8H2. The van der Waals surface area contributed by atoms with Crippen LogP contribution in [0.15, 0.2) is 29.2 Å². The zero-order valence-electron chi connectivity index (χ0n) is 9.80. The number of thioether (sulfide) groups is 1. The molecule has 0 aromatic heterocycles. The van der Waals surface area contributed by atoms with Crippen molar-refractivity contribution >= 4 is 23.6 Å². The molecule has 0 bridgehead atoms. The van der Waals surface area contributed by atoms with E-state index in [-0.39, 0.29) is 30.9 Å². The molecule has 1 aromatic carbocycles. The average molecular weight is 263 g/mol. The van der Waals surface area contributed by atoms with Gasteiger partial charge in [0, 0.05) is 23.1 Å². The van der Waals surface area contributed by atoms with Gasteiger partial charge < -0.3 is 4.74 Å². The van der Waals surface area contributed by atoms with Gasteiger partial charge in [0.1, 0.15) is 13.2 Å². The number of fused-ring (bicyclic) bond motifs is 1. The van der Waals surface area contributed by atoms with Crippen LogP contribution >= 0.6 is 11.8 Å². The lowest BCUT2D eigenvalue weighted by molar-refractivity contribution is -0.158. The largest absolute Gasteiger partial charge is 0.362 e. The Balaban J connectivity index is 1.78. The van der Waals surface area contributed by atoms with E-state index in [0.717, 1.165) is 5.75 Å². The molecule has 1 unspecified atom stereocenters. The van der Waals surface area contributed by atoms with E-state index < -0.39 is 0 Å². The van der Waals surface area contributed by atoms with Gasteiger partial charge in [0.2, 0.25) is 0 Å². The molecule has 4 nitrogen and oxygen atoms in total. The van der Waals surface area contributed by atoms with E-state index >= 15 is 0 Å². The summed E-state index contributed by atoms with van der Waals surface area (Å²) < 4.78 is 4.91. The number of hydrogen-bond donors (Lipinski definition) is 0. The zero-order chi connectivity index (χ0) is 12.5. The van der Waals surface area contributed by atoms with Crippen molar-refractivity contribution in [3.63, 3.8) is 0 Å². The van der Waals surface area contributed by atoms with Crippen LogP contribution in [0.4, 0.5) is 0 Å². The van der Waals surface area contributed by atoms with Gasteiger partial charge in [-0.2, -0.15) is 0 Å². The van der Waals surface area contributed by atoms with Gasteiger partial charge >= 0.3 is 0 Å². The van der Waals surface area contributed by atoms with Crippen LogP contribution in [0, 0.1) is 0 Å². The molecule has 0 N–H and O–H groups in total. The number of carbonyl (C=O) groups is 2. The predicted molar refractivity (Wildman–Crippen MR) is 67.4 cm³/mol. The molecule has 2 aliphatic heterocycles. The van der Waals surface area contributed by atoms with E-state index in [4.69, 9.17) is 4.74 Å². The number of rotatable bonds is 2. The van der Waals surface area contributed by atoms with Crippen LogP contribution in [-0.2, 0) is 14.3 Å². The SMILES string of the molecule is O=C1COCC(=O)N1CC1CSc2ccccc21. The zero-order valence-corrected chi connectivity index (χ0v) is 10.6. The van der Waals surface area contributed by atoms with Crippen molar-refractivity contribution in [2.45, 2.75) is 10.8 Å². The molecule has 2 heterocycles. The van der Waals surface area contributed by atoms with Crippen LogP contribution < -0.4 is 0 Å². The third kappa shape index (κ3) is 2.04. The minimum absolute atomic E-state index is 0.0211. The molecule has 0 spiro atoms. The van der Waals surface area contributed by atoms with Gasteiger partial charge in [0.15, 0.2) is 0 Å². The van der Waals surface area contributed by atoms with Crippen LogP contribution in [0.2, 0.25) is 0 Å². The van der Waals surface area contributed by atoms with Crippen molar-refractivity contribution in [3.05, 3.63) is 29.8 Å². The molecule has 3 rings (SSSR count). The quantitative estimate of drug-likeness (QED) is 0.754. The third-order valence-corrected chi connectivity index (χ3v) is 4.51. The minimum Gasteiger partial charge on any atom is -0.362 e. The van der Waals surface area contributed by atoms with Gasteiger partial charge in [-0.05, 0) is 11.6 Å². The van der Waals surface area contributed by atoms with Crippen LogP contribution in [0.3, 0.4) is 0 Å². The molecule has 0 aliphatic carbocycles. The van der Waals surface area contributed by atoms with Crippen LogP contribution in [-0.4, -0.2) is 42.2 Å². The lowest BCUT2D eigenvalue weighted by atomic mass is 10.0. The molecule has 18 heavy (non-hydrogen) atoms. The fourth-order valence-electron chi connectivity index (χ4n) is 2.33. The highest BCUT2D eigenvalue weighted by atomic mass is 32.2. The Kier molecular flexibility index (Phi) is 3.09. The van der Waals surface area contributed by atoms with Crippen molar-refractivity contribution in [1.82, 2.24) is 4.90 Å². The van der Waals surface area contributed by atoms with E-state index in [1.165, 1.54) is 15.4 Å². The molecule has 5 heteroatoms. The second kappa shape index (κ2) is 4.74. The van der Waals surface area contributed by atoms with Gasteiger partial charge in [-0.15, -0.1) is 11.8 Å². The Morgan fingerprint density at radius 1 is 1.22 bits per heavy atom. The fourth-order valence-corrected chi connectivity index (χ4v) is 3.57. The number of morpholine rings is 1. The van der Waals surface area contributed by atoms with E-state index in [9.17, 15) is 9.59 Å². The number of amides is 2. The topological polar surface area (TPSA) is 46.6 Å². The highest BCUT2D eigenvalue weighted by Gasteiger charge is 2.32. The molecule has 2 amide bonds. The Labute approximate surface area is 109 Å². The predicted octanol–water partition coefficient (Wildman–Crippen LogP) is 1.26. The summed E-state index contributed by atoms with van der Waals surface area (Å²) in [4.78, 5) is 26.0. The van der Waals surface area contributed by atoms with E-state index in [0.29, 0.717) is 6.54 Å². The second-order valence-corrected chi connectivity index (χ2v) is 5.50. The molecule has 1 fully saturated rings. The number of carbonyl (C=O) groups excluding carboxylic acids is 2. The van der Waals surface area contributed by atoms with Gasteiger partial charge in [-0.25, -0.2) is 0 Å². The first-order valence-corrected chi connectivity index (χ1v) is 6.87. The van der Waals surface area contributed by atoms with Crippen LogP contribution in [0.5, 0.6) is 0 Å². The van der Waals surface area contributed by atoms with E-state index in [1.54, 1.807) is 11.8 Å². The van der Waals surface area contributed by atoms with Crippen LogP contribution in [0.1, 0.15) is 11.5 Å². The average Bonchev–Trinajstić information content (AvgIpc) is 2.77. The van der Waals surface area contributed by atoms with Gasteiger partial charge in [0.25, 0.3) is 11.8 Å². The summed E-state index contributed by atoms with van der Waals surface area (Å²) in [5.74, 6) is 0.732. The summed E-state index contributed by atoms with van der Waals surface area (Å²) in [7, 11) is 0.